The van der Waals surface area contributed by atoms with Gasteiger partial charge in [0.05, 0.1) is 0 Å². The van der Waals surface area contributed by atoms with Crippen LogP contribution in [0, 0.1) is 0 Å². The van der Waals surface area contributed by atoms with Gasteiger partial charge >= 0.3 is 5.97 Å². The summed E-state index contributed by atoms with van der Waals surface area (Å²) in [6.45, 7) is 6.10. The SMILES string of the molecule is CC.CCc1c[nH]c2ccc(O)cc12.N[C@@H](Cc1ccc(O)c(O)c1)C(=O)O. The second kappa shape index (κ2) is 10.8. The zero-order chi connectivity index (χ0) is 21.3. The van der Waals surface area contributed by atoms with Crippen LogP contribution in [0.1, 0.15) is 31.9 Å². The smallest absolute Gasteiger partial charge is 0.320 e. The van der Waals surface area contributed by atoms with E-state index in [1.807, 2.05) is 26.1 Å². The van der Waals surface area contributed by atoms with Crippen molar-refractivity contribution in [3.8, 4) is 17.2 Å². The summed E-state index contributed by atoms with van der Waals surface area (Å²) in [5.74, 6) is -1.29. The number of hydrogen-bond acceptors (Lipinski definition) is 5. The third kappa shape index (κ3) is 6.21. The van der Waals surface area contributed by atoms with Crippen molar-refractivity contribution in [1.82, 2.24) is 4.98 Å². The fraction of sp³-hybridized carbons (Fsp3) is 0.286. The summed E-state index contributed by atoms with van der Waals surface area (Å²) in [7, 11) is 0. The Bertz CT molecular complexity index is 905. The van der Waals surface area contributed by atoms with Crippen molar-refractivity contribution < 1.29 is 25.2 Å². The van der Waals surface area contributed by atoms with Crippen LogP contribution in [0.2, 0.25) is 0 Å². The van der Waals surface area contributed by atoms with Gasteiger partial charge in [-0.1, -0.05) is 26.8 Å². The van der Waals surface area contributed by atoms with E-state index in [0.29, 0.717) is 11.3 Å². The fourth-order valence-corrected chi connectivity index (χ4v) is 2.50. The standard InChI is InChI=1S/C10H11NO.C9H11NO4.C2H6/c1-2-7-6-11-10-4-3-8(12)5-9(7)10;10-6(9(13)14)3-5-1-2-7(11)8(12)4-5;1-2/h3-6,11-12H,2H2,1H3;1-2,4,6,11-12H,3,10H2,(H,13,14);1-2H3/t;6-;/m.0./s1. The molecule has 2 aromatic carbocycles. The molecular formula is C21H28N2O5. The van der Waals surface area contributed by atoms with Gasteiger partial charge in [-0.2, -0.15) is 0 Å². The van der Waals surface area contributed by atoms with Crippen molar-refractivity contribution >= 4 is 16.9 Å². The number of carboxylic acid groups (broad SMARTS) is 1. The number of rotatable bonds is 4. The lowest BCUT2D eigenvalue weighted by atomic mass is 10.1. The molecule has 0 aliphatic carbocycles. The monoisotopic (exact) mass is 388 g/mol. The molecule has 1 heterocycles. The number of H-pyrrole nitrogens is 1. The van der Waals surface area contributed by atoms with Gasteiger partial charge in [-0.3, -0.25) is 4.79 Å². The number of aryl methyl sites for hydroxylation is 1. The maximum Gasteiger partial charge on any atom is 0.320 e. The molecule has 1 atom stereocenters. The van der Waals surface area contributed by atoms with Crippen LogP contribution in [0.15, 0.2) is 42.6 Å². The van der Waals surface area contributed by atoms with E-state index in [2.05, 4.69) is 11.9 Å². The van der Waals surface area contributed by atoms with Crippen LogP contribution in [-0.4, -0.2) is 37.4 Å². The van der Waals surface area contributed by atoms with Crippen LogP contribution in [-0.2, 0) is 17.6 Å². The molecule has 3 aromatic rings. The highest BCUT2D eigenvalue weighted by Crippen LogP contribution is 2.25. The molecular weight excluding hydrogens is 360 g/mol. The number of carbonyl (C=O) groups is 1. The molecule has 152 valence electrons. The first-order valence-electron chi connectivity index (χ1n) is 9.10. The van der Waals surface area contributed by atoms with E-state index in [0.717, 1.165) is 17.3 Å². The second-order valence-electron chi connectivity index (χ2n) is 5.87. The number of nitrogens with one attached hydrogen (secondary N) is 1. The lowest BCUT2D eigenvalue weighted by Crippen LogP contribution is -2.32. The summed E-state index contributed by atoms with van der Waals surface area (Å²) in [6.07, 6.45) is 3.09. The first kappa shape index (κ1) is 22.9. The van der Waals surface area contributed by atoms with E-state index in [9.17, 15) is 9.90 Å². The zero-order valence-electron chi connectivity index (χ0n) is 16.3. The third-order valence-electron chi connectivity index (χ3n) is 3.94. The Labute approximate surface area is 164 Å². The van der Waals surface area contributed by atoms with Gasteiger partial charge in [0.15, 0.2) is 11.5 Å². The molecule has 0 bridgehead atoms. The number of phenolic OH excluding ortho intramolecular Hbond substituents is 3. The van der Waals surface area contributed by atoms with Gasteiger partial charge < -0.3 is 31.1 Å². The number of aromatic hydroxyl groups is 3. The van der Waals surface area contributed by atoms with Crippen LogP contribution in [0.3, 0.4) is 0 Å². The van der Waals surface area contributed by atoms with E-state index < -0.39 is 12.0 Å². The van der Waals surface area contributed by atoms with Crippen molar-refractivity contribution in [2.75, 3.05) is 0 Å². The van der Waals surface area contributed by atoms with Gasteiger partial charge in [-0.15, -0.1) is 0 Å². The van der Waals surface area contributed by atoms with Gasteiger partial charge in [0.25, 0.3) is 0 Å². The Morgan fingerprint density at radius 1 is 1.07 bits per heavy atom. The minimum atomic E-state index is -1.10. The summed E-state index contributed by atoms with van der Waals surface area (Å²) < 4.78 is 0. The van der Waals surface area contributed by atoms with E-state index >= 15 is 0 Å². The van der Waals surface area contributed by atoms with Crippen molar-refractivity contribution in [2.24, 2.45) is 5.73 Å². The van der Waals surface area contributed by atoms with Gasteiger partial charge in [-0.25, -0.2) is 0 Å². The average molecular weight is 388 g/mol. The summed E-state index contributed by atoms with van der Waals surface area (Å²) in [6, 6.07) is 8.47. The second-order valence-corrected chi connectivity index (χ2v) is 5.87. The first-order valence-corrected chi connectivity index (χ1v) is 9.10. The number of aliphatic carboxylic acids is 1. The highest BCUT2D eigenvalue weighted by molar-refractivity contribution is 5.84. The zero-order valence-corrected chi connectivity index (χ0v) is 16.3. The number of nitrogens with two attached hydrogens (primary N) is 1. The summed E-state index contributed by atoms with van der Waals surface area (Å²) in [4.78, 5) is 13.6. The van der Waals surface area contributed by atoms with Crippen molar-refractivity contribution in [3.05, 3.63) is 53.7 Å². The lowest BCUT2D eigenvalue weighted by Gasteiger charge is -2.06. The minimum absolute atomic E-state index is 0.114. The number of phenols is 3. The summed E-state index contributed by atoms with van der Waals surface area (Å²) in [5.41, 5.74) is 8.20. The number of carboxylic acids is 1. The molecule has 0 unspecified atom stereocenters. The van der Waals surface area contributed by atoms with Gasteiger partial charge in [-0.05, 0) is 54.3 Å². The molecule has 0 aliphatic heterocycles. The summed E-state index contributed by atoms with van der Waals surface area (Å²) >= 11 is 0. The molecule has 3 rings (SSSR count). The number of aromatic amines is 1. The molecule has 28 heavy (non-hydrogen) atoms. The van der Waals surface area contributed by atoms with Crippen molar-refractivity contribution in [2.45, 2.75) is 39.7 Å². The van der Waals surface area contributed by atoms with Crippen LogP contribution >= 0.6 is 0 Å². The van der Waals surface area contributed by atoms with Crippen LogP contribution < -0.4 is 5.73 Å². The van der Waals surface area contributed by atoms with Crippen LogP contribution in [0.4, 0.5) is 0 Å². The molecule has 0 radical (unpaired) electrons. The fourth-order valence-electron chi connectivity index (χ4n) is 2.50. The topological polar surface area (TPSA) is 140 Å². The van der Waals surface area contributed by atoms with E-state index in [1.165, 1.54) is 23.8 Å². The van der Waals surface area contributed by atoms with E-state index in [4.69, 9.17) is 21.1 Å². The Morgan fingerprint density at radius 3 is 2.32 bits per heavy atom. The minimum Gasteiger partial charge on any atom is -0.508 e. The van der Waals surface area contributed by atoms with Crippen LogP contribution in [0.5, 0.6) is 17.2 Å². The van der Waals surface area contributed by atoms with Gasteiger partial charge in [0, 0.05) is 17.1 Å². The number of aromatic nitrogens is 1. The highest BCUT2D eigenvalue weighted by atomic mass is 16.4. The Kier molecular flexibility index (Phi) is 8.84. The number of benzene rings is 2. The third-order valence-corrected chi connectivity index (χ3v) is 3.94. The molecule has 0 amide bonds. The Morgan fingerprint density at radius 2 is 1.75 bits per heavy atom. The summed E-state index contributed by atoms with van der Waals surface area (Å²) in [5, 5.41) is 37.0. The normalized spacial score (nSPS) is 11.0. The molecule has 0 fully saturated rings. The largest absolute Gasteiger partial charge is 0.508 e. The molecule has 0 spiro atoms. The first-order chi connectivity index (χ1) is 13.3. The maximum atomic E-state index is 10.4. The van der Waals surface area contributed by atoms with Crippen molar-refractivity contribution in [3.63, 3.8) is 0 Å². The van der Waals surface area contributed by atoms with E-state index in [-0.39, 0.29) is 17.9 Å². The van der Waals surface area contributed by atoms with Gasteiger partial charge in [0.1, 0.15) is 11.8 Å². The molecule has 7 nitrogen and oxygen atoms in total. The molecule has 7 N–H and O–H groups in total. The van der Waals surface area contributed by atoms with E-state index in [1.54, 1.807) is 12.1 Å². The average Bonchev–Trinajstić information content (AvgIpc) is 3.09. The maximum absolute atomic E-state index is 10.4. The molecule has 0 aliphatic rings. The van der Waals surface area contributed by atoms with Crippen LogP contribution in [0.25, 0.3) is 10.9 Å². The number of fused-ring (bicyclic) bond motifs is 1. The van der Waals surface area contributed by atoms with Crippen molar-refractivity contribution in [1.29, 1.82) is 0 Å². The molecule has 7 heteroatoms. The molecule has 1 aromatic heterocycles. The molecule has 0 saturated carbocycles. The number of hydrogen-bond donors (Lipinski definition) is 6. The predicted octanol–water partition coefficient (Wildman–Crippen LogP) is 3.51. The highest BCUT2D eigenvalue weighted by Gasteiger charge is 2.12. The Balaban J connectivity index is 0.000000259. The van der Waals surface area contributed by atoms with Gasteiger partial charge in [0.2, 0.25) is 0 Å². The quantitative estimate of drug-likeness (QED) is 0.378. The Hall–Kier alpha value is -3.19. The lowest BCUT2D eigenvalue weighted by molar-refractivity contribution is -0.138. The molecule has 0 saturated heterocycles. The predicted molar refractivity (Wildman–Crippen MR) is 110 cm³/mol.